The van der Waals surface area contributed by atoms with E-state index in [9.17, 15) is 14.4 Å². The SMILES string of the molecule is CNC(=O)c1ccc(C2CCCCN2CC(=O)N2CCNC2=O)n1C. The highest BCUT2D eigenvalue weighted by molar-refractivity contribution is 5.96. The molecule has 1 atom stereocenters. The fourth-order valence-electron chi connectivity index (χ4n) is 3.70. The Labute approximate surface area is 147 Å². The molecule has 0 spiro atoms. The molecule has 0 aromatic carbocycles. The van der Waals surface area contributed by atoms with Crippen LogP contribution in [0, 0.1) is 0 Å². The van der Waals surface area contributed by atoms with Crippen molar-refractivity contribution >= 4 is 17.8 Å². The smallest absolute Gasteiger partial charge is 0.324 e. The second-order valence-electron chi connectivity index (χ2n) is 6.54. The monoisotopic (exact) mass is 347 g/mol. The summed E-state index contributed by atoms with van der Waals surface area (Å²) in [6.07, 6.45) is 3.05. The Kier molecular flexibility index (Phi) is 5.08. The average molecular weight is 347 g/mol. The second kappa shape index (κ2) is 7.26. The fraction of sp³-hybridized carbons (Fsp3) is 0.588. The first-order chi connectivity index (χ1) is 12.0. The highest BCUT2D eigenvalue weighted by atomic mass is 16.2. The molecule has 2 saturated heterocycles. The Morgan fingerprint density at radius 2 is 2.08 bits per heavy atom. The van der Waals surface area contributed by atoms with E-state index in [1.54, 1.807) is 7.05 Å². The third kappa shape index (κ3) is 3.39. The third-order valence-corrected chi connectivity index (χ3v) is 5.07. The molecule has 0 bridgehead atoms. The predicted molar refractivity (Wildman–Crippen MR) is 92.1 cm³/mol. The van der Waals surface area contributed by atoms with Crippen LogP contribution in [0.15, 0.2) is 12.1 Å². The van der Waals surface area contributed by atoms with Gasteiger partial charge in [-0.05, 0) is 31.5 Å². The number of imide groups is 1. The van der Waals surface area contributed by atoms with Gasteiger partial charge in [0.05, 0.1) is 12.6 Å². The van der Waals surface area contributed by atoms with Crippen LogP contribution >= 0.6 is 0 Å². The molecule has 0 saturated carbocycles. The Bertz CT molecular complexity index is 684. The van der Waals surface area contributed by atoms with Crippen molar-refractivity contribution in [1.82, 2.24) is 25.0 Å². The largest absolute Gasteiger partial charge is 0.354 e. The van der Waals surface area contributed by atoms with Crippen molar-refractivity contribution in [1.29, 1.82) is 0 Å². The standard InChI is InChI=1S/C17H25N5O3/c1-18-16(24)14-7-6-12(20(14)2)13-5-3-4-9-21(13)11-15(23)22-10-8-19-17(22)25/h6-7,13H,3-5,8-11H2,1-2H3,(H,18,24)(H,19,25). The number of piperidine rings is 1. The minimum atomic E-state index is -0.306. The van der Waals surface area contributed by atoms with Crippen molar-refractivity contribution in [2.24, 2.45) is 7.05 Å². The van der Waals surface area contributed by atoms with Crippen molar-refractivity contribution in [2.75, 3.05) is 33.2 Å². The number of urea groups is 1. The summed E-state index contributed by atoms with van der Waals surface area (Å²) in [5.41, 5.74) is 1.63. The van der Waals surface area contributed by atoms with Gasteiger partial charge in [-0.2, -0.15) is 0 Å². The van der Waals surface area contributed by atoms with E-state index >= 15 is 0 Å². The molecular weight excluding hydrogens is 322 g/mol. The summed E-state index contributed by atoms with van der Waals surface area (Å²) in [5.74, 6) is -0.288. The lowest BCUT2D eigenvalue weighted by molar-refractivity contribution is -0.129. The van der Waals surface area contributed by atoms with Crippen LogP contribution < -0.4 is 10.6 Å². The van der Waals surface area contributed by atoms with Crippen LogP contribution in [0.5, 0.6) is 0 Å². The summed E-state index contributed by atoms with van der Waals surface area (Å²) < 4.78 is 1.90. The maximum Gasteiger partial charge on any atom is 0.324 e. The molecule has 2 aliphatic rings. The molecule has 0 radical (unpaired) electrons. The molecule has 1 aromatic rings. The first-order valence-corrected chi connectivity index (χ1v) is 8.73. The van der Waals surface area contributed by atoms with Crippen molar-refractivity contribution < 1.29 is 14.4 Å². The molecule has 3 rings (SSSR count). The van der Waals surface area contributed by atoms with Crippen LogP contribution in [0.25, 0.3) is 0 Å². The molecule has 136 valence electrons. The second-order valence-corrected chi connectivity index (χ2v) is 6.54. The van der Waals surface area contributed by atoms with Gasteiger partial charge in [-0.1, -0.05) is 6.42 Å². The summed E-state index contributed by atoms with van der Waals surface area (Å²) >= 11 is 0. The minimum absolute atomic E-state index is 0.0757. The van der Waals surface area contributed by atoms with Crippen LogP contribution in [0.2, 0.25) is 0 Å². The van der Waals surface area contributed by atoms with Crippen molar-refractivity contribution in [3.8, 4) is 0 Å². The molecule has 2 aliphatic heterocycles. The Morgan fingerprint density at radius 3 is 2.76 bits per heavy atom. The quantitative estimate of drug-likeness (QED) is 0.829. The molecule has 25 heavy (non-hydrogen) atoms. The normalized spacial score (nSPS) is 21.3. The number of nitrogens with one attached hydrogen (secondary N) is 2. The van der Waals surface area contributed by atoms with E-state index < -0.39 is 0 Å². The van der Waals surface area contributed by atoms with E-state index in [0.717, 1.165) is 31.5 Å². The van der Waals surface area contributed by atoms with Crippen LogP contribution in [0.3, 0.4) is 0 Å². The van der Waals surface area contributed by atoms with Gasteiger partial charge in [0.25, 0.3) is 5.91 Å². The summed E-state index contributed by atoms with van der Waals surface area (Å²) in [7, 11) is 3.49. The van der Waals surface area contributed by atoms with Gasteiger partial charge >= 0.3 is 6.03 Å². The van der Waals surface area contributed by atoms with Gasteiger partial charge in [-0.25, -0.2) is 4.79 Å². The van der Waals surface area contributed by atoms with Crippen LogP contribution in [0.1, 0.15) is 41.5 Å². The van der Waals surface area contributed by atoms with E-state index in [4.69, 9.17) is 0 Å². The molecule has 1 unspecified atom stereocenters. The molecule has 8 heteroatoms. The first kappa shape index (κ1) is 17.5. The van der Waals surface area contributed by atoms with Gasteiger partial charge < -0.3 is 15.2 Å². The van der Waals surface area contributed by atoms with Gasteiger partial charge in [0.1, 0.15) is 5.69 Å². The highest BCUT2D eigenvalue weighted by Crippen LogP contribution is 2.31. The lowest BCUT2D eigenvalue weighted by Gasteiger charge is -2.36. The van der Waals surface area contributed by atoms with Crippen molar-refractivity contribution in [2.45, 2.75) is 25.3 Å². The van der Waals surface area contributed by atoms with E-state index in [1.807, 2.05) is 23.7 Å². The molecule has 2 fully saturated rings. The van der Waals surface area contributed by atoms with Crippen molar-refractivity contribution in [3.05, 3.63) is 23.5 Å². The molecule has 0 aliphatic carbocycles. The van der Waals surface area contributed by atoms with Crippen LogP contribution in [0.4, 0.5) is 4.79 Å². The van der Waals surface area contributed by atoms with E-state index in [-0.39, 0.29) is 30.4 Å². The van der Waals surface area contributed by atoms with Crippen LogP contribution in [-0.2, 0) is 11.8 Å². The Hall–Kier alpha value is -2.35. The lowest BCUT2D eigenvalue weighted by Crippen LogP contribution is -2.45. The number of carbonyl (C=O) groups excluding carboxylic acids is 3. The number of nitrogens with zero attached hydrogens (tertiary/aromatic N) is 3. The molecule has 8 nitrogen and oxygen atoms in total. The van der Waals surface area contributed by atoms with E-state index in [1.165, 1.54) is 4.90 Å². The number of hydrogen-bond donors (Lipinski definition) is 2. The topological polar surface area (TPSA) is 86.7 Å². The van der Waals surface area contributed by atoms with Gasteiger partial charge in [-0.15, -0.1) is 0 Å². The number of hydrogen-bond acceptors (Lipinski definition) is 4. The summed E-state index contributed by atoms with van der Waals surface area (Å²) in [4.78, 5) is 39.6. The van der Waals surface area contributed by atoms with Crippen molar-refractivity contribution in [3.63, 3.8) is 0 Å². The predicted octanol–water partition coefficient (Wildman–Crippen LogP) is 0.464. The van der Waals surface area contributed by atoms with E-state index in [0.29, 0.717) is 18.8 Å². The molecule has 1 aromatic heterocycles. The van der Waals surface area contributed by atoms with Gasteiger partial charge in [-0.3, -0.25) is 19.4 Å². The Morgan fingerprint density at radius 1 is 1.28 bits per heavy atom. The summed E-state index contributed by atoms with van der Waals surface area (Å²) in [6, 6.07) is 3.54. The molecular formula is C17H25N5O3. The molecule has 3 heterocycles. The number of carbonyl (C=O) groups is 3. The summed E-state index contributed by atoms with van der Waals surface area (Å²) in [5, 5.41) is 5.31. The van der Waals surface area contributed by atoms with Gasteiger partial charge in [0.15, 0.2) is 0 Å². The number of amides is 4. The van der Waals surface area contributed by atoms with Gasteiger partial charge in [0, 0.05) is 32.9 Å². The molecule has 4 amide bonds. The zero-order chi connectivity index (χ0) is 18.0. The lowest BCUT2D eigenvalue weighted by atomic mass is 9.99. The fourth-order valence-corrected chi connectivity index (χ4v) is 3.70. The van der Waals surface area contributed by atoms with E-state index in [2.05, 4.69) is 15.5 Å². The zero-order valence-electron chi connectivity index (χ0n) is 14.7. The minimum Gasteiger partial charge on any atom is -0.354 e. The number of likely N-dealkylation sites (tertiary alicyclic amines) is 1. The first-order valence-electron chi connectivity index (χ1n) is 8.73. The number of aromatic nitrogens is 1. The maximum atomic E-state index is 12.5. The van der Waals surface area contributed by atoms with Crippen LogP contribution in [-0.4, -0.2) is 65.4 Å². The zero-order valence-corrected chi connectivity index (χ0v) is 14.7. The average Bonchev–Trinajstić information content (AvgIpc) is 3.20. The van der Waals surface area contributed by atoms with Gasteiger partial charge in [0.2, 0.25) is 5.91 Å². The highest BCUT2D eigenvalue weighted by Gasteiger charge is 2.32. The molecule has 2 N–H and O–H groups in total. The Balaban J connectivity index is 1.77. The third-order valence-electron chi connectivity index (χ3n) is 5.07. The summed E-state index contributed by atoms with van der Waals surface area (Å²) in [6.45, 7) is 1.98. The number of rotatable bonds is 4. The maximum absolute atomic E-state index is 12.5.